The molecule has 2 aromatic carbocycles. The molecule has 0 amide bonds. The van der Waals surface area contributed by atoms with Crippen molar-refractivity contribution in [2.24, 2.45) is 0 Å². The highest BCUT2D eigenvalue weighted by Crippen LogP contribution is 2.62. The maximum atomic E-state index is 15.3. The van der Waals surface area contributed by atoms with E-state index in [1.807, 2.05) is 6.07 Å². The molecule has 0 radical (unpaired) electrons. The number of unbranched alkanes of at least 4 members (excludes halogenated alkanes) is 2. The lowest BCUT2D eigenvalue weighted by atomic mass is 9.47. The second kappa shape index (κ2) is 7.18. The Labute approximate surface area is 179 Å². The van der Waals surface area contributed by atoms with Crippen molar-refractivity contribution in [3.05, 3.63) is 65.6 Å². The molecule has 1 nitrogen and oxygen atoms in total. The first-order chi connectivity index (χ1) is 14.6. The van der Waals surface area contributed by atoms with Crippen LogP contribution in [0.5, 0.6) is 0 Å². The zero-order valence-corrected chi connectivity index (χ0v) is 18.6. The first-order valence-corrected chi connectivity index (χ1v) is 11.9. The van der Waals surface area contributed by atoms with Gasteiger partial charge >= 0.3 is 0 Å². The van der Waals surface area contributed by atoms with Crippen LogP contribution in [0.4, 0.5) is 4.39 Å². The van der Waals surface area contributed by atoms with Gasteiger partial charge in [-0.05, 0) is 60.4 Å². The van der Waals surface area contributed by atoms with E-state index in [-0.39, 0.29) is 16.8 Å². The summed E-state index contributed by atoms with van der Waals surface area (Å²) in [5.74, 6) is 0.00303. The third-order valence-electron chi connectivity index (χ3n) is 8.37. The van der Waals surface area contributed by atoms with E-state index in [1.165, 1.54) is 34.0 Å². The van der Waals surface area contributed by atoms with Crippen molar-refractivity contribution in [1.82, 2.24) is 0 Å². The molecule has 3 aromatic rings. The molecule has 0 bridgehead atoms. The van der Waals surface area contributed by atoms with Crippen molar-refractivity contribution in [2.45, 2.75) is 83.1 Å². The summed E-state index contributed by atoms with van der Waals surface area (Å²) in [7, 11) is 0. The van der Waals surface area contributed by atoms with Crippen molar-refractivity contribution < 1.29 is 8.96 Å². The fourth-order valence-electron chi connectivity index (χ4n) is 6.65. The molecule has 2 unspecified atom stereocenters. The second-order valence-corrected chi connectivity index (χ2v) is 9.39. The molecule has 0 spiro atoms. The molecule has 0 N–H and O–H groups in total. The van der Waals surface area contributed by atoms with Gasteiger partial charge in [0.1, 0.15) is 5.82 Å². The lowest BCUT2D eigenvalue weighted by Gasteiger charge is -2.57. The van der Waals surface area contributed by atoms with Crippen molar-refractivity contribution in [3.8, 4) is 11.3 Å². The van der Waals surface area contributed by atoms with E-state index >= 15 is 4.39 Å². The van der Waals surface area contributed by atoms with Gasteiger partial charge in [0.2, 0.25) is 5.69 Å². The summed E-state index contributed by atoms with van der Waals surface area (Å²) in [6.45, 7) is 6.82. The van der Waals surface area contributed by atoms with Gasteiger partial charge in [0.25, 0.3) is 0 Å². The number of fused-ring (bicyclic) bond motifs is 8. The Morgan fingerprint density at radius 1 is 0.967 bits per heavy atom. The Hall–Kier alpha value is -2.22. The zero-order valence-electron chi connectivity index (χ0n) is 18.6. The van der Waals surface area contributed by atoms with Gasteiger partial charge in [0.15, 0.2) is 11.7 Å². The quantitative estimate of drug-likeness (QED) is 0.302. The number of hydrogen-bond acceptors (Lipinski definition) is 0. The van der Waals surface area contributed by atoms with Crippen molar-refractivity contribution in [2.75, 3.05) is 0 Å². The molecule has 2 heteroatoms. The smallest absolute Gasteiger partial charge is 0.207 e. The Morgan fingerprint density at radius 2 is 1.80 bits per heavy atom. The molecule has 1 aliphatic carbocycles. The van der Waals surface area contributed by atoms with E-state index in [0.29, 0.717) is 0 Å². The Bertz CT molecular complexity index is 1110. The van der Waals surface area contributed by atoms with Crippen LogP contribution in [0.15, 0.2) is 48.7 Å². The average Bonchev–Trinajstić information content (AvgIpc) is 2.75. The first kappa shape index (κ1) is 19.7. The molecular weight excluding hydrogens is 369 g/mol. The van der Waals surface area contributed by atoms with Gasteiger partial charge in [-0.2, -0.15) is 4.57 Å². The van der Waals surface area contributed by atoms with Gasteiger partial charge in [0, 0.05) is 18.9 Å². The van der Waals surface area contributed by atoms with Crippen LogP contribution in [0.2, 0.25) is 0 Å². The van der Waals surface area contributed by atoms with Crippen molar-refractivity contribution in [1.29, 1.82) is 0 Å². The number of pyridine rings is 1. The highest BCUT2D eigenvalue weighted by atomic mass is 19.1. The number of halogens is 1. The molecule has 1 aromatic heterocycles. The minimum absolute atomic E-state index is 0.00303. The molecule has 2 atom stereocenters. The third kappa shape index (κ3) is 2.43. The van der Waals surface area contributed by atoms with Crippen LogP contribution >= 0.6 is 0 Å². The number of nitrogens with zero attached hydrogens (tertiary/aromatic N) is 1. The fourth-order valence-corrected chi connectivity index (χ4v) is 6.65. The van der Waals surface area contributed by atoms with Crippen LogP contribution in [0, 0.1) is 5.82 Å². The molecule has 1 saturated carbocycles. The molecule has 156 valence electrons. The minimum atomic E-state index is 0.00303. The molecule has 30 heavy (non-hydrogen) atoms. The van der Waals surface area contributed by atoms with Gasteiger partial charge in [-0.3, -0.25) is 0 Å². The van der Waals surface area contributed by atoms with E-state index in [0.717, 1.165) is 50.5 Å². The molecule has 5 rings (SSSR count). The normalized spacial score (nSPS) is 24.1. The van der Waals surface area contributed by atoms with E-state index in [1.54, 1.807) is 0 Å². The standard InChI is InChI=1S/C28H33FN/c1-4-7-8-12-21-18-23-24(19-25(21)29)27(5-2)15-16-28(27,6-3)30-17-14-20-11-9-10-13-22(20)26(23)30/h9-11,13-14,17-19H,4-8,12,15-16H2,1-3H3/q+1. The molecule has 1 aliphatic heterocycles. The van der Waals surface area contributed by atoms with Crippen LogP contribution in [0.3, 0.4) is 0 Å². The summed E-state index contributed by atoms with van der Waals surface area (Å²) in [5, 5.41) is 2.55. The highest BCUT2D eigenvalue weighted by Gasteiger charge is 2.68. The van der Waals surface area contributed by atoms with E-state index < -0.39 is 0 Å². The second-order valence-electron chi connectivity index (χ2n) is 9.39. The maximum Gasteiger partial charge on any atom is 0.221 e. The molecule has 2 aliphatic rings. The van der Waals surface area contributed by atoms with Crippen LogP contribution in [-0.4, -0.2) is 0 Å². The summed E-state index contributed by atoms with van der Waals surface area (Å²) in [5.41, 5.74) is 4.81. The van der Waals surface area contributed by atoms with E-state index in [4.69, 9.17) is 0 Å². The third-order valence-corrected chi connectivity index (χ3v) is 8.37. The molecule has 0 saturated heterocycles. The monoisotopic (exact) mass is 402 g/mol. The van der Waals surface area contributed by atoms with Crippen LogP contribution < -0.4 is 4.57 Å². The Balaban J connectivity index is 1.82. The first-order valence-electron chi connectivity index (χ1n) is 11.9. The summed E-state index contributed by atoms with van der Waals surface area (Å²) < 4.78 is 17.9. The Morgan fingerprint density at radius 3 is 2.50 bits per heavy atom. The molecule has 2 heterocycles. The zero-order chi connectivity index (χ0) is 20.9. The van der Waals surface area contributed by atoms with Crippen molar-refractivity contribution >= 4 is 10.8 Å². The number of benzene rings is 2. The predicted molar refractivity (Wildman–Crippen MR) is 122 cm³/mol. The Kier molecular flexibility index (Phi) is 4.72. The topological polar surface area (TPSA) is 3.88 Å². The van der Waals surface area contributed by atoms with Gasteiger partial charge < -0.3 is 0 Å². The largest absolute Gasteiger partial charge is 0.221 e. The van der Waals surface area contributed by atoms with Gasteiger partial charge in [-0.25, -0.2) is 4.39 Å². The predicted octanol–water partition coefficient (Wildman–Crippen LogP) is 7.23. The highest BCUT2D eigenvalue weighted by molar-refractivity contribution is 5.94. The van der Waals surface area contributed by atoms with Crippen LogP contribution in [-0.2, 0) is 17.4 Å². The van der Waals surface area contributed by atoms with Gasteiger partial charge in [-0.15, -0.1) is 0 Å². The number of aryl methyl sites for hydroxylation is 1. The summed E-state index contributed by atoms with van der Waals surface area (Å²) in [6, 6.07) is 15.1. The summed E-state index contributed by atoms with van der Waals surface area (Å²) in [6.07, 6.45) is 11.0. The number of hydrogen-bond donors (Lipinski definition) is 0. The number of aromatic nitrogens is 1. The van der Waals surface area contributed by atoms with Gasteiger partial charge in [-0.1, -0.05) is 51.8 Å². The fraction of sp³-hybridized carbons (Fsp3) is 0.464. The lowest BCUT2D eigenvalue weighted by Crippen LogP contribution is -2.75. The van der Waals surface area contributed by atoms with Crippen LogP contribution in [0.1, 0.15) is 76.8 Å². The number of rotatable bonds is 6. The molecule has 1 fully saturated rings. The average molecular weight is 403 g/mol. The van der Waals surface area contributed by atoms with Crippen molar-refractivity contribution in [3.63, 3.8) is 0 Å². The van der Waals surface area contributed by atoms with E-state index in [2.05, 4.69) is 67.9 Å². The van der Waals surface area contributed by atoms with Gasteiger partial charge in [0.05, 0.1) is 16.4 Å². The maximum absolute atomic E-state index is 15.3. The SMILES string of the molecule is CCCCCc1cc2c(cc1F)C1(CC)CCC1(CC)[n+]1ccc3ccccc3c1-2. The molecular formula is C28H33FN+. The lowest BCUT2D eigenvalue weighted by molar-refractivity contribution is -0.782. The minimum Gasteiger partial charge on any atom is -0.207 e. The summed E-state index contributed by atoms with van der Waals surface area (Å²) in [4.78, 5) is 0. The summed E-state index contributed by atoms with van der Waals surface area (Å²) >= 11 is 0. The van der Waals surface area contributed by atoms with Crippen LogP contribution in [0.25, 0.3) is 22.0 Å². The van der Waals surface area contributed by atoms with E-state index in [9.17, 15) is 0 Å².